The van der Waals surface area contributed by atoms with E-state index < -0.39 is 11.9 Å². The molecule has 2 N–H and O–H groups in total. The number of aliphatic hydroxyl groups is 2. The SMILES string of the molecule is OCc1cc([C@H](O)c2ccccc2Cl)ccc1N1CC[C@H](Oc2ncccc2F)C1. The Bertz CT molecular complexity index is 1030. The van der Waals surface area contributed by atoms with Gasteiger partial charge in [0, 0.05) is 41.0 Å². The summed E-state index contributed by atoms with van der Waals surface area (Å²) in [5, 5.41) is 21.1. The van der Waals surface area contributed by atoms with Gasteiger partial charge in [-0.1, -0.05) is 35.9 Å². The fraction of sp³-hybridized carbons (Fsp3) is 0.261. The molecule has 1 aromatic heterocycles. The number of nitrogens with zero attached hydrogens (tertiary/aromatic N) is 2. The van der Waals surface area contributed by atoms with Crippen molar-refractivity contribution < 1.29 is 19.3 Å². The van der Waals surface area contributed by atoms with Crippen LogP contribution in [0.15, 0.2) is 60.8 Å². The van der Waals surface area contributed by atoms with E-state index >= 15 is 0 Å². The number of anilines is 1. The number of halogens is 2. The predicted octanol–water partition coefficient (Wildman–Crippen LogP) is 4.11. The summed E-state index contributed by atoms with van der Waals surface area (Å²) in [6, 6.07) is 15.5. The molecule has 0 saturated carbocycles. The summed E-state index contributed by atoms with van der Waals surface area (Å²) < 4.78 is 19.5. The molecule has 2 aromatic carbocycles. The third-order valence-electron chi connectivity index (χ3n) is 5.28. The number of hydrogen-bond donors (Lipinski definition) is 2. The van der Waals surface area contributed by atoms with Crippen LogP contribution in [0.3, 0.4) is 0 Å². The van der Waals surface area contributed by atoms with Crippen molar-refractivity contribution in [3.05, 3.63) is 88.3 Å². The van der Waals surface area contributed by atoms with E-state index in [1.807, 2.05) is 24.3 Å². The largest absolute Gasteiger partial charge is 0.470 e. The first-order valence-electron chi connectivity index (χ1n) is 9.75. The Kier molecular flexibility index (Phi) is 6.18. The van der Waals surface area contributed by atoms with Crippen LogP contribution in [0.4, 0.5) is 10.1 Å². The van der Waals surface area contributed by atoms with Crippen LogP contribution in [-0.2, 0) is 6.61 Å². The van der Waals surface area contributed by atoms with Gasteiger partial charge in [-0.15, -0.1) is 0 Å². The zero-order chi connectivity index (χ0) is 21.1. The number of hydrogen-bond acceptors (Lipinski definition) is 5. The van der Waals surface area contributed by atoms with E-state index in [1.54, 1.807) is 18.2 Å². The summed E-state index contributed by atoms with van der Waals surface area (Å²) in [7, 11) is 0. The van der Waals surface area contributed by atoms with Gasteiger partial charge in [-0.05, 0) is 35.9 Å². The second-order valence-corrected chi connectivity index (χ2v) is 7.64. The van der Waals surface area contributed by atoms with Crippen LogP contribution < -0.4 is 9.64 Å². The molecular weight excluding hydrogens is 407 g/mol. The molecule has 2 atom stereocenters. The van der Waals surface area contributed by atoms with Crippen LogP contribution in [0.25, 0.3) is 0 Å². The van der Waals surface area contributed by atoms with Gasteiger partial charge in [-0.2, -0.15) is 0 Å². The lowest BCUT2D eigenvalue weighted by Gasteiger charge is -2.23. The average molecular weight is 429 g/mol. The smallest absolute Gasteiger partial charge is 0.250 e. The second kappa shape index (κ2) is 9.00. The predicted molar refractivity (Wildman–Crippen MR) is 113 cm³/mol. The van der Waals surface area contributed by atoms with Crippen LogP contribution in [0.1, 0.15) is 29.2 Å². The van der Waals surface area contributed by atoms with Crippen LogP contribution >= 0.6 is 11.6 Å². The maximum atomic E-state index is 13.8. The first kappa shape index (κ1) is 20.6. The molecule has 0 bridgehead atoms. The maximum absolute atomic E-state index is 13.8. The van der Waals surface area contributed by atoms with E-state index in [0.717, 1.165) is 5.69 Å². The molecule has 30 heavy (non-hydrogen) atoms. The molecule has 5 nitrogen and oxygen atoms in total. The standard InChI is InChI=1S/C23H22ClFN2O3/c24-19-5-2-1-4-18(19)22(29)15-7-8-21(16(12-15)14-28)27-11-9-17(13-27)30-23-20(25)6-3-10-26-23/h1-8,10,12,17,22,28-29H,9,11,13-14H2/t17-,22-/m0/s1. The van der Waals surface area contributed by atoms with Crippen molar-refractivity contribution >= 4 is 17.3 Å². The molecule has 0 amide bonds. The summed E-state index contributed by atoms with van der Waals surface area (Å²) >= 11 is 6.21. The molecular formula is C23H22ClFN2O3. The molecule has 0 unspecified atom stereocenters. The summed E-state index contributed by atoms with van der Waals surface area (Å²) in [5.74, 6) is -0.477. The zero-order valence-corrected chi connectivity index (χ0v) is 17.0. The molecule has 2 heterocycles. The highest BCUT2D eigenvalue weighted by molar-refractivity contribution is 6.31. The van der Waals surface area contributed by atoms with Gasteiger partial charge in [0.1, 0.15) is 12.2 Å². The molecule has 1 aliphatic heterocycles. The molecule has 3 aromatic rings. The molecule has 0 aliphatic carbocycles. The van der Waals surface area contributed by atoms with Gasteiger partial charge in [-0.3, -0.25) is 0 Å². The minimum absolute atomic E-state index is 0.00458. The lowest BCUT2D eigenvalue weighted by Crippen LogP contribution is -2.26. The molecule has 1 fully saturated rings. The summed E-state index contributed by atoms with van der Waals surface area (Å²) in [6.07, 6.45) is 1.12. The fourth-order valence-corrected chi connectivity index (χ4v) is 3.99. The quantitative estimate of drug-likeness (QED) is 0.618. The van der Waals surface area contributed by atoms with Crippen LogP contribution in [0, 0.1) is 5.82 Å². The summed E-state index contributed by atoms with van der Waals surface area (Å²) in [5.41, 5.74) is 2.82. The van der Waals surface area contributed by atoms with Crippen molar-refractivity contribution in [1.82, 2.24) is 4.98 Å². The van der Waals surface area contributed by atoms with Crippen molar-refractivity contribution in [3.63, 3.8) is 0 Å². The van der Waals surface area contributed by atoms with Crippen molar-refractivity contribution in [1.29, 1.82) is 0 Å². The third-order valence-corrected chi connectivity index (χ3v) is 5.62. The molecule has 1 aliphatic rings. The summed E-state index contributed by atoms with van der Waals surface area (Å²) in [4.78, 5) is 6.03. The minimum atomic E-state index is -0.889. The molecule has 156 valence electrons. The lowest BCUT2D eigenvalue weighted by molar-refractivity contribution is 0.205. The topological polar surface area (TPSA) is 65.8 Å². The Hall–Kier alpha value is -2.67. The normalized spacial score (nSPS) is 17.2. The fourth-order valence-electron chi connectivity index (χ4n) is 3.75. The summed E-state index contributed by atoms with van der Waals surface area (Å²) in [6.45, 7) is 1.09. The number of rotatable bonds is 6. The van der Waals surface area contributed by atoms with Gasteiger partial charge >= 0.3 is 0 Å². The molecule has 4 rings (SSSR count). The van der Waals surface area contributed by atoms with Crippen molar-refractivity contribution in [2.75, 3.05) is 18.0 Å². The van der Waals surface area contributed by atoms with E-state index in [0.29, 0.717) is 41.2 Å². The van der Waals surface area contributed by atoms with Crippen molar-refractivity contribution in [2.24, 2.45) is 0 Å². The van der Waals surface area contributed by atoms with Gasteiger partial charge < -0.3 is 19.8 Å². The maximum Gasteiger partial charge on any atom is 0.250 e. The zero-order valence-electron chi connectivity index (χ0n) is 16.2. The van der Waals surface area contributed by atoms with E-state index in [9.17, 15) is 14.6 Å². The Balaban J connectivity index is 1.51. The molecule has 1 saturated heterocycles. The van der Waals surface area contributed by atoms with Crippen molar-refractivity contribution in [3.8, 4) is 5.88 Å². The Morgan fingerprint density at radius 1 is 1.20 bits per heavy atom. The second-order valence-electron chi connectivity index (χ2n) is 7.24. The Morgan fingerprint density at radius 3 is 2.80 bits per heavy atom. The first-order valence-corrected chi connectivity index (χ1v) is 10.1. The first-order chi connectivity index (χ1) is 14.6. The number of aliphatic hydroxyl groups excluding tert-OH is 2. The Morgan fingerprint density at radius 2 is 2.03 bits per heavy atom. The molecule has 7 heteroatoms. The van der Waals surface area contributed by atoms with Gasteiger partial charge in [-0.25, -0.2) is 9.37 Å². The number of ether oxygens (including phenoxy) is 1. The van der Waals surface area contributed by atoms with Crippen molar-refractivity contribution in [2.45, 2.75) is 25.2 Å². The van der Waals surface area contributed by atoms with Gasteiger partial charge in [0.2, 0.25) is 0 Å². The number of benzene rings is 2. The van der Waals surface area contributed by atoms with Gasteiger partial charge in [0.25, 0.3) is 5.88 Å². The monoisotopic (exact) mass is 428 g/mol. The number of aromatic nitrogens is 1. The highest BCUT2D eigenvalue weighted by Gasteiger charge is 2.27. The van der Waals surface area contributed by atoms with Crippen LogP contribution in [-0.4, -0.2) is 34.4 Å². The van der Waals surface area contributed by atoms with E-state index in [2.05, 4.69) is 9.88 Å². The van der Waals surface area contributed by atoms with E-state index in [-0.39, 0.29) is 18.6 Å². The lowest BCUT2D eigenvalue weighted by atomic mass is 9.98. The van der Waals surface area contributed by atoms with E-state index in [4.69, 9.17) is 16.3 Å². The molecule has 0 radical (unpaired) electrons. The third kappa shape index (κ3) is 4.26. The minimum Gasteiger partial charge on any atom is -0.470 e. The average Bonchev–Trinajstić information content (AvgIpc) is 3.23. The van der Waals surface area contributed by atoms with E-state index in [1.165, 1.54) is 18.3 Å². The van der Waals surface area contributed by atoms with Gasteiger partial charge in [0.05, 0.1) is 13.2 Å². The number of pyridine rings is 1. The highest BCUT2D eigenvalue weighted by Crippen LogP contribution is 2.33. The van der Waals surface area contributed by atoms with Crippen LogP contribution in [0.5, 0.6) is 5.88 Å². The Labute approximate surface area is 179 Å². The van der Waals surface area contributed by atoms with Gasteiger partial charge in [0.15, 0.2) is 5.82 Å². The van der Waals surface area contributed by atoms with Crippen LogP contribution in [0.2, 0.25) is 5.02 Å². The molecule has 0 spiro atoms. The highest BCUT2D eigenvalue weighted by atomic mass is 35.5.